The van der Waals surface area contributed by atoms with Crippen molar-refractivity contribution in [2.45, 2.75) is 44.6 Å². The molecule has 0 radical (unpaired) electrons. The molecule has 0 saturated carbocycles. The molecule has 12 heteroatoms. The van der Waals surface area contributed by atoms with Crippen LogP contribution in [0.4, 0.5) is 27.6 Å². The van der Waals surface area contributed by atoms with Gasteiger partial charge in [0.2, 0.25) is 17.3 Å². The zero-order valence-corrected chi connectivity index (χ0v) is 16.1. The number of aromatic nitrogens is 2. The van der Waals surface area contributed by atoms with E-state index in [1.54, 1.807) is 0 Å². The summed E-state index contributed by atoms with van der Waals surface area (Å²) < 4.78 is 69.4. The molecule has 1 atom stereocenters. The van der Waals surface area contributed by atoms with Gasteiger partial charge in [0.15, 0.2) is 0 Å². The predicted molar refractivity (Wildman–Crippen MR) is 96.7 cm³/mol. The molecule has 7 nitrogen and oxygen atoms in total. The number of halogens is 5. The molecule has 0 bridgehead atoms. The summed E-state index contributed by atoms with van der Waals surface area (Å²) in [7, 11) is 0. The third-order valence-corrected chi connectivity index (χ3v) is 4.85. The zero-order valence-electron chi connectivity index (χ0n) is 16.1. The summed E-state index contributed by atoms with van der Waals surface area (Å²) >= 11 is 0. The van der Waals surface area contributed by atoms with E-state index in [1.807, 2.05) is 0 Å². The number of nitrogens with zero attached hydrogens (tertiary/aromatic N) is 2. The molecule has 31 heavy (non-hydrogen) atoms. The van der Waals surface area contributed by atoms with Gasteiger partial charge in [0.25, 0.3) is 5.91 Å². The monoisotopic (exact) mass is 444 g/mol. The van der Waals surface area contributed by atoms with Crippen LogP contribution in [0.25, 0.3) is 0 Å². The van der Waals surface area contributed by atoms with Gasteiger partial charge in [-0.1, -0.05) is 0 Å². The average Bonchev–Trinajstić information content (AvgIpc) is 2.90. The van der Waals surface area contributed by atoms with Crippen molar-refractivity contribution >= 4 is 17.5 Å². The van der Waals surface area contributed by atoms with Crippen LogP contribution in [0.3, 0.4) is 0 Å². The zero-order chi connectivity index (χ0) is 23.0. The molecule has 1 aromatic carbocycles. The van der Waals surface area contributed by atoms with E-state index in [9.17, 15) is 31.5 Å². The molecule has 1 aromatic heterocycles. The Bertz CT molecular complexity index is 1040. The van der Waals surface area contributed by atoms with Gasteiger partial charge in [0.05, 0.1) is 18.0 Å². The highest BCUT2D eigenvalue weighted by atomic mass is 19.4. The number of primary amides is 1. The number of aryl methyl sites for hydroxylation is 1. The van der Waals surface area contributed by atoms with Crippen LogP contribution in [0, 0.1) is 11.6 Å². The summed E-state index contributed by atoms with van der Waals surface area (Å²) in [5.74, 6) is -2.95. The Kier molecular flexibility index (Phi) is 5.94. The van der Waals surface area contributed by atoms with E-state index in [0.29, 0.717) is 24.8 Å². The van der Waals surface area contributed by atoms with Gasteiger partial charge >= 0.3 is 6.18 Å². The maximum Gasteiger partial charge on any atom is 0.422 e. The largest absolute Gasteiger partial charge is 0.422 e. The van der Waals surface area contributed by atoms with Crippen LogP contribution in [0.15, 0.2) is 18.3 Å². The molecular weight excluding hydrogens is 427 g/mol. The van der Waals surface area contributed by atoms with Gasteiger partial charge in [-0.25, -0.2) is 18.7 Å². The summed E-state index contributed by atoms with van der Waals surface area (Å²) in [6.07, 6.45) is -1.98. The first kappa shape index (κ1) is 22.5. The SMILES string of the molecule is CC1(C(F)(F)F)OCc2cnc(C(N)=O)nc21.O=C1CCCc2cc(F)cc(F)c2N1. The van der Waals surface area contributed by atoms with E-state index in [1.165, 1.54) is 6.07 Å². The van der Waals surface area contributed by atoms with Crippen LogP contribution < -0.4 is 11.1 Å². The topological polar surface area (TPSA) is 107 Å². The Morgan fingerprint density at radius 2 is 1.94 bits per heavy atom. The van der Waals surface area contributed by atoms with Crippen LogP contribution in [0.2, 0.25) is 0 Å². The molecule has 3 heterocycles. The Balaban J connectivity index is 0.000000179. The molecule has 2 aliphatic rings. The Hall–Kier alpha value is -3.15. The second kappa shape index (κ2) is 8.17. The normalized spacial score (nSPS) is 20.0. The molecule has 4 rings (SSSR count). The van der Waals surface area contributed by atoms with Gasteiger partial charge in [-0.3, -0.25) is 9.59 Å². The lowest BCUT2D eigenvalue weighted by Crippen LogP contribution is -2.40. The fraction of sp³-hybridized carbons (Fsp3) is 0.368. The van der Waals surface area contributed by atoms with Crippen molar-refractivity contribution in [3.8, 4) is 0 Å². The maximum atomic E-state index is 13.2. The molecular formula is C19H17F5N4O3. The molecule has 0 spiro atoms. The Labute approximate surface area is 172 Å². The number of carbonyl (C=O) groups excluding carboxylic acids is 2. The second-order valence-electron chi connectivity index (χ2n) is 7.07. The highest BCUT2D eigenvalue weighted by molar-refractivity contribution is 5.92. The number of ether oxygens (including phenoxy) is 1. The van der Waals surface area contributed by atoms with Gasteiger partial charge in [0, 0.05) is 24.2 Å². The van der Waals surface area contributed by atoms with Crippen molar-refractivity contribution in [3.05, 3.63) is 52.6 Å². The fourth-order valence-corrected chi connectivity index (χ4v) is 3.16. The molecule has 0 fully saturated rings. The molecule has 0 aliphatic carbocycles. The number of benzene rings is 1. The summed E-state index contributed by atoms with van der Waals surface area (Å²) in [5, 5.41) is 2.44. The van der Waals surface area contributed by atoms with Gasteiger partial charge < -0.3 is 15.8 Å². The number of nitrogens with one attached hydrogen (secondary N) is 1. The van der Waals surface area contributed by atoms with E-state index in [0.717, 1.165) is 19.2 Å². The summed E-state index contributed by atoms with van der Waals surface area (Å²) in [6, 6.07) is 2.05. The quantitative estimate of drug-likeness (QED) is 0.658. The van der Waals surface area contributed by atoms with E-state index in [4.69, 9.17) is 10.5 Å². The minimum Gasteiger partial charge on any atom is -0.363 e. The number of nitrogens with two attached hydrogens (primary N) is 1. The fourth-order valence-electron chi connectivity index (χ4n) is 3.16. The van der Waals surface area contributed by atoms with Gasteiger partial charge in [-0.2, -0.15) is 13.2 Å². The number of carbonyl (C=O) groups is 2. The van der Waals surface area contributed by atoms with Crippen LogP contribution in [-0.2, 0) is 28.2 Å². The lowest BCUT2D eigenvalue weighted by molar-refractivity contribution is -0.273. The minimum atomic E-state index is -4.62. The van der Waals surface area contributed by atoms with Crippen molar-refractivity contribution in [1.29, 1.82) is 0 Å². The van der Waals surface area contributed by atoms with Gasteiger partial charge in [0.1, 0.15) is 11.6 Å². The number of alkyl halides is 3. The maximum absolute atomic E-state index is 13.2. The molecule has 166 valence electrons. The Morgan fingerprint density at radius 3 is 2.58 bits per heavy atom. The molecule has 0 saturated heterocycles. The van der Waals surface area contributed by atoms with E-state index < -0.39 is 35.1 Å². The van der Waals surface area contributed by atoms with Crippen molar-refractivity contribution in [2.24, 2.45) is 5.73 Å². The van der Waals surface area contributed by atoms with Crippen LogP contribution in [0.5, 0.6) is 0 Å². The Morgan fingerprint density at radius 1 is 1.23 bits per heavy atom. The van der Waals surface area contributed by atoms with E-state index in [2.05, 4.69) is 15.3 Å². The van der Waals surface area contributed by atoms with Gasteiger partial charge in [-0.05, 0) is 31.4 Å². The summed E-state index contributed by atoms with van der Waals surface area (Å²) in [4.78, 5) is 29.1. The average molecular weight is 444 g/mol. The molecule has 2 aromatic rings. The smallest absolute Gasteiger partial charge is 0.363 e. The number of rotatable bonds is 1. The summed E-state index contributed by atoms with van der Waals surface area (Å²) in [6.45, 7) is 0.612. The molecule has 2 aliphatic heterocycles. The first-order valence-corrected chi connectivity index (χ1v) is 9.07. The second-order valence-corrected chi connectivity index (χ2v) is 7.07. The molecule has 2 amide bonds. The highest BCUT2D eigenvalue weighted by Crippen LogP contribution is 2.46. The highest BCUT2D eigenvalue weighted by Gasteiger charge is 2.58. The van der Waals surface area contributed by atoms with Crippen molar-refractivity contribution in [1.82, 2.24) is 9.97 Å². The third-order valence-electron chi connectivity index (χ3n) is 4.85. The van der Waals surface area contributed by atoms with Crippen molar-refractivity contribution < 1.29 is 36.3 Å². The lowest BCUT2D eigenvalue weighted by atomic mass is 10.0. The van der Waals surface area contributed by atoms with Gasteiger partial charge in [-0.15, -0.1) is 0 Å². The first-order valence-electron chi connectivity index (χ1n) is 9.07. The summed E-state index contributed by atoms with van der Waals surface area (Å²) in [5.41, 5.74) is 2.92. The number of hydrogen-bond acceptors (Lipinski definition) is 5. The van der Waals surface area contributed by atoms with Crippen LogP contribution >= 0.6 is 0 Å². The third kappa shape index (κ3) is 4.48. The van der Waals surface area contributed by atoms with E-state index >= 15 is 0 Å². The van der Waals surface area contributed by atoms with Crippen molar-refractivity contribution in [2.75, 3.05) is 5.32 Å². The standard InChI is InChI=1S/C10H9F2NO.C9H8F3N3O2/c11-7-4-6-2-1-3-9(14)13-10(6)8(12)5-7;1-8(9(10,11)12)5-4(3-17-8)2-14-7(15-5)6(13)16/h4-5H,1-3H2,(H,13,14);2H,3H2,1H3,(H2,13,16). The van der Waals surface area contributed by atoms with E-state index in [-0.39, 0.29) is 29.5 Å². The number of hydrogen-bond donors (Lipinski definition) is 2. The number of fused-ring (bicyclic) bond motifs is 2. The van der Waals surface area contributed by atoms with Crippen LogP contribution in [-0.4, -0.2) is 28.0 Å². The molecule has 3 N–H and O–H groups in total. The lowest BCUT2D eigenvalue weighted by Gasteiger charge is -2.26. The number of anilines is 1. The van der Waals surface area contributed by atoms with Crippen LogP contribution in [0.1, 0.15) is 47.2 Å². The molecule has 1 unspecified atom stereocenters. The van der Waals surface area contributed by atoms with Crippen molar-refractivity contribution in [3.63, 3.8) is 0 Å². The predicted octanol–water partition coefficient (Wildman–Crippen LogP) is 3.12. The number of amides is 2. The first-order chi connectivity index (χ1) is 14.4. The minimum absolute atomic E-state index is 0.133.